The Labute approximate surface area is 170 Å². The summed E-state index contributed by atoms with van der Waals surface area (Å²) in [4.78, 5) is 27.5. The van der Waals surface area contributed by atoms with E-state index in [2.05, 4.69) is 22.4 Å². The standard InChI is InChI=1S/C23H25ClN2O2/c24-21-12-16(17-6-8-18(14-27)26-13-17)7-9-19(21)22(15-4-2-1-3-5-15)20-10-11-25-23(20)28/h6-9,12-15,20,22H,1-5,10-11H2,(H,25,28). The van der Waals surface area contributed by atoms with Crippen molar-refractivity contribution in [1.29, 1.82) is 0 Å². The largest absolute Gasteiger partial charge is 0.356 e. The molecule has 0 radical (unpaired) electrons. The molecule has 2 aliphatic rings. The number of aldehydes is 1. The molecule has 1 saturated heterocycles. The second-order valence-corrected chi connectivity index (χ2v) is 8.34. The molecular weight excluding hydrogens is 372 g/mol. The number of hydrogen-bond acceptors (Lipinski definition) is 3. The molecule has 1 aliphatic carbocycles. The highest BCUT2D eigenvalue weighted by Crippen LogP contribution is 2.45. The Hall–Kier alpha value is -2.20. The number of hydrogen-bond donors (Lipinski definition) is 1. The van der Waals surface area contributed by atoms with Crippen LogP contribution in [0.5, 0.6) is 0 Å². The predicted molar refractivity (Wildman–Crippen MR) is 111 cm³/mol. The van der Waals surface area contributed by atoms with Gasteiger partial charge in [-0.2, -0.15) is 0 Å². The lowest BCUT2D eigenvalue weighted by atomic mass is 9.70. The van der Waals surface area contributed by atoms with Crippen molar-refractivity contribution >= 4 is 23.8 Å². The van der Waals surface area contributed by atoms with E-state index in [0.717, 1.165) is 35.9 Å². The van der Waals surface area contributed by atoms with Crippen LogP contribution in [0.25, 0.3) is 11.1 Å². The first kappa shape index (κ1) is 19.1. The van der Waals surface area contributed by atoms with E-state index in [-0.39, 0.29) is 17.7 Å². The second-order valence-electron chi connectivity index (χ2n) is 7.94. The van der Waals surface area contributed by atoms with E-state index in [1.165, 1.54) is 32.1 Å². The molecule has 28 heavy (non-hydrogen) atoms. The van der Waals surface area contributed by atoms with Crippen molar-refractivity contribution in [3.05, 3.63) is 52.8 Å². The number of amides is 1. The first-order valence-corrected chi connectivity index (χ1v) is 10.5. The van der Waals surface area contributed by atoms with Gasteiger partial charge >= 0.3 is 0 Å². The quantitative estimate of drug-likeness (QED) is 0.722. The number of rotatable bonds is 5. The van der Waals surface area contributed by atoms with Gasteiger partial charge in [0.1, 0.15) is 5.69 Å². The van der Waals surface area contributed by atoms with E-state index in [1.54, 1.807) is 12.3 Å². The van der Waals surface area contributed by atoms with Gasteiger partial charge in [0, 0.05) is 29.2 Å². The molecule has 2 atom stereocenters. The van der Waals surface area contributed by atoms with Crippen LogP contribution in [0.15, 0.2) is 36.5 Å². The van der Waals surface area contributed by atoms with E-state index in [1.807, 2.05) is 12.1 Å². The summed E-state index contributed by atoms with van der Waals surface area (Å²) in [6.45, 7) is 0.761. The molecule has 0 bridgehead atoms. The Kier molecular flexibility index (Phi) is 5.77. The summed E-state index contributed by atoms with van der Waals surface area (Å²) < 4.78 is 0. The molecule has 4 rings (SSSR count). The number of benzene rings is 1. The van der Waals surface area contributed by atoms with Crippen LogP contribution in [0.3, 0.4) is 0 Å². The van der Waals surface area contributed by atoms with Crippen molar-refractivity contribution in [1.82, 2.24) is 10.3 Å². The van der Waals surface area contributed by atoms with E-state index >= 15 is 0 Å². The van der Waals surface area contributed by atoms with Gasteiger partial charge in [-0.05, 0) is 54.4 Å². The van der Waals surface area contributed by atoms with Crippen LogP contribution in [-0.4, -0.2) is 23.7 Å². The molecule has 1 aromatic heterocycles. The molecular formula is C23H25ClN2O2. The van der Waals surface area contributed by atoms with Gasteiger partial charge in [0.2, 0.25) is 5.91 Å². The summed E-state index contributed by atoms with van der Waals surface area (Å²) in [6.07, 6.45) is 9.41. The molecule has 2 unspecified atom stereocenters. The third-order valence-corrected chi connectivity index (χ3v) is 6.61. The Bertz CT molecular complexity index is 859. The minimum atomic E-state index is 0.0139. The number of nitrogens with zero attached hydrogens (tertiary/aromatic N) is 1. The lowest BCUT2D eigenvalue weighted by Crippen LogP contribution is -2.29. The monoisotopic (exact) mass is 396 g/mol. The lowest BCUT2D eigenvalue weighted by molar-refractivity contribution is -0.123. The van der Waals surface area contributed by atoms with Crippen LogP contribution in [0.2, 0.25) is 5.02 Å². The molecule has 2 aromatic rings. The number of pyridine rings is 1. The van der Waals surface area contributed by atoms with Gasteiger partial charge < -0.3 is 5.32 Å². The van der Waals surface area contributed by atoms with Crippen LogP contribution in [0, 0.1) is 11.8 Å². The van der Waals surface area contributed by atoms with Crippen LogP contribution in [0.1, 0.15) is 60.5 Å². The highest BCUT2D eigenvalue weighted by Gasteiger charge is 2.39. The average molecular weight is 397 g/mol. The predicted octanol–water partition coefficient (Wildman–Crippen LogP) is 5.01. The third kappa shape index (κ3) is 3.83. The molecule has 1 amide bonds. The number of halogens is 1. The topological polar surface area (TPSA) is 59.1 Å². The Morgan fingerprint density at radius 2 is 1.86 bits per heavy atom. The maximum Gasteiger partial charge on any atom is 0.223 e. The highest BCUT2D eigenvalue weighted by molar-refractivity contribution is 6.31. The van der Waals surface area contributed by atoms with Crippen molar-refractivity contribution in [2.75, 3.05) is 6.54 Å². The van der Waals surface area contributed by atoms with Crippen molar-refractivity contribution in [2.24, 2.45) is 11.8 Å². The highest BCUT2D eigenvalue weighted by atomic mass is 35.5. The van der Waals surface area contributed by atoms with Gasteiger partial charge in [0.05, 0.1) is 0 Å². The lowest BCUT2D eigenvalue weighted by Gasteiger charge is -2.34. The maximum absolute atomic E-state index is 12.5. The molecule has 1 aromatic carbocycles. The van der Waals surface area contributed by atoms with Crippen molar-refractivity contribution in [3.63, 3.8) is 0 Å². The van der Waals surface area contributed by atoms with E-state index < -0.39 is 0 Å². The molecule has 1 N–H and O–H groups in total. The zero-order valence-corrected chi connectivity index (χ0v) is 16.6. The number of aromatic nitrogens is 1. The summed E-state index contributed by atoms with van der Waals surface area (Å²) in [5.41, 5.74) is 3.40. The van der Waals surface area contributed by atoms with Crippen molar-refractivity contribution in [2.45, 2.75) is 44.4 Å². The minimum Gasteiger partial charge on any atom is -0.356 e. The number of carbonyl (C=O) groups excluding carboxylic acids is 2. The van der Waals surface area contributed by atoms with Crippen LogP contribution in [-0.2, 0) is 4.79 Å². The van der Waals surface area contributed by atoms with E-state index in [9.17, 15) is 9.59 Å². The maximum atomic E-state index is 12.5. The summed E-state index contributed by atoms with van der Waals surface area (Å²) in [5.74, 6) is 0.878. The second kappa shape index (κ2) is 8.44. The molecule has 146 valence electrons. The summed E-state index contributed by atoms with van der Waals surface area (Å²) in [7, 11) is 0. The smallest absolute Gasteiger partial charge is 0.223 e. The molecule has 1 aliphatic heterocycles. The zero-order valence-electron chi connectivity index (χ0n) is 15.9. The van der Waals surface area contributed by atoms with E-state index in [4.69, 9.17) is 11.6 Å². The molecule has 5 heteroatoms. The summed E-state index contributed by atoms with van der Waals surface area (Å²) in [6, 6.07) is 9.71. The van der Waals surface area contributed by atoms with Gasteiger partial charge in [-0.25, -0.2) is 0 Å². The van der Waals surface area contributed by atoms with Crippen LogP contribution < -0.4 is 5.32 Å². The van der Waals surface area contributed by atoms with Crippen LogP contribution in [0.4, 0.5) is 0 Å². The molecule has 2 heterocycles. The molecule has 1 saturated carbocycles. The van der Waals surface area contributed by atoms with Gasteiger partial charge in [0.15, 0.2) is 6.29 Å². The Balaban J connectivity index is 1.67. The summed E-state index contributed by atoms with van der Waals surface area (Å²) in [5, 5.41) is 3.72. The van der Waals surface area contributed by atoms with Crippen LogP contribution >= 0.6 is 11.6 Å². The Morgan fingerprint density at radius 1 is 1.07 bits per heavy atom. The first-order chi connectivity index (χ1) is 13.7. The normalized spacial score (nSPS) is 21.3. The number of carbonyl (C=O) groups is 2. The fourth-order valence-corrected chi connectivity index (χ4v) is 5.18. The molecule has 2 fully saturated rings. The first-order valence-electron chi connectivity index (χ1n) is 10.2. The SMILES string of the molecule is O=Cc1ccc(-c2ccc(C(C3CCCCC3)C3CCNC3=O)c(Cl)c2)cn1. The average Bonchev–Trinajstić information content (AvgIpc) is 3.16. The summed E-state index contributed by atoms with van der Waals surface area (Å²) >= 11 is 6.77. The van der Waals surface area contributed by atoms with Gasteiger partial charge in [0.25, 0.3) is 0 Å². The van der Waals surface area contributed by atoms with E-state index in [0.29, 0.717) is 16.6 Å². The third-order valence-electron chi connectivity index (χ3n) is 6.28. The fourth-order valence-electron chi connectivity index (χ4n) is 4.87. The van der Waals surface area contributed by atoms with Crippen molar-refractivity contribution < 1.29 is 9.59 Å². The van der Waals surface area contributed by atoms with Gasteiger partial charge in [-0.1, -0.05) is 49.1 Å². The Morgan fingerprint density at radius 3 is 2.46 bits per heavy atom. The van der Waals surface area contributed by atoms with Crippen molar-refractivity contribution in [3.8, 4) is 11.1 Å². The van der Waals surface area contributed by atoms with Gasteiger partial charge in [-0.3, -0.25) is 14.6 Å². The fraction of sp³-hybridized carbons (Fsp3) is 0.435. The minimum absolute atomic E-state index is 0.0139. The molecule has 4 nitrogen and oxygen atoms in total. The number of nitrogens with one attached hydrogen (secondary N) is 1. The zero-order chi connectivity index (χ0) is 19.5. The van der Waals surface area contributed by atoms with Gasteiger partial charge in [-0.15, -0.1) is 0 Å². The molecule has 0 spiro atoms.